The van der Waals surface area contributed by atoms with Crippen LogP contribution in [0, 0.1) is 0 Å². The van der Waals surface area contributed by atoms with Crippen LogP contribution in [0.4, 0.5) is 0 Å². The number of amides is 2. The number of nitrogens with zero attached hydrogens (tertiary/aromatic N) is 2. The summed E-state index contributed by atoms with van der Waals surface area (Å²) >= 11 is 1.93. The third-order valence-electron chi connectivity index (χ3n) is 7.03. The minimum atomic E-state index is -0.881. The first kappa shape index (κ1) is 23.2. The van der Waals surface area contributed by atoms with E-state index in [2.05, 4.69) is 16.8 Å². The number of carbonyl (C=O) groups excluding carboxylic acids is 2. The summed E-state index contributed by atoms with van der Waals surface area (Å²) in [5.74, 6) is 2.14. The Kier molecular flexibility index (Phi) is 7.49. The van der Waals surface area contributed by atoms with Gasteiger partial charge < -0.3 is 14.8 Å². The average molecular weight is 456 g/mol. The number of benzene rings is 1. The van der Waals surface area contributed by atoms with Crippen LogP contribution in [0.3, 0.4) is 0 Å². The molecule has 4 rings (SSSR count). The summed E-state index contributed by atoms with van der Waals surface area (Å²) in [7, 11) is 0. The maximum absolute atomic E-state index is 13.7. The third-order valence-corrected chi connectivity index (χ3v) is 8.31. The first-order chi connectivity index (χ1) is 15.5. The maximum atomic E-state index is 13.7. The maximum Gasteiger partial charge on any atom is 0.271 e. The van der Waals surface area contributed by atoms with Crippen LogP contribution in [-0.4, -0.2) is 50.9 Å². The molecule has 2 aliphatic rings. The fourth-order valence-corrected chi connectivity index (χ4v) is 6.02. The number of thioether (sulfide) groups is 1. The molecule has 0 saturated heterocycles. The second kappa shape index (κ2) is 10.3. The van der Waals surface area contributed by atoms with Gasteiger partial charge in [-0.15, -0.1) is 0 Å². The molecule has 174 valence electrons. The van der Waals surface area contributed by atoms with Crippen LogP contribution >= 0.6 is 11.8 Å². The minimum absolute atomic E-state index is 0.00222. The molecule has 1 N–H and O–H groups in total. The van der Waals surface area contributed by atoms with Gasteiger partial charge in [-0.05, 0) is 56.2 Å². The molecular formula is C26H37N3O2S. The lowest BCUT2D eigenvalue weighted by Gasteiger charge is -2.44. The summed E-state index contributed by atoms with van der Waals surface area (Å²) < 4.78 is 2.06. The lowest BCUT2D eigenvalue weighted by molar-refractivity contribution is -0.133. The van der Waals surface area contributed by atoms with Crippen LogP contribution in [0.15, 0.2) is 30.3 Å². The molecular weight excluding hydrogens is 418 g/mol. The zero-order valence-electron chi connectivity index (χ0n) is 19.6. The third kappa shape index (κ3) is 4.70. The van der Waals surface area contributed by atoms with Crippen molar-refractivity contribution in [3.05, 3.63) is 36.0 Å². The number of fused-ring (bicyclic) bond motifs is 3. The van der Waals surface area contributed by atoms with E-state index in [1.54, 1.807) is 0 Å². The normalized spacial score (nSPS) is 22.1. The second-order valence-electron chi connectivity index (χ2n) is 9.53. The number of para-hydroxylation sites is 1. The van der Waals surface area contributed by atoms with Gasteiger partial charge in [0.1, 0.15) is 11.2 Å². The highest BCUT2D eigenvalue weighted by Crippen LogP contribution is 2.33. The highest BCUT2D eigenvalue weighted by atomic mass is 32.2. The van der Waals surface area contributed by atoms with Crippen LogP contribution in [-0.2, 0) is 11.3 Å². The van der Waals surface area contributed by atoms with E-state index < -0.39 is 5.54 Å². The molecule has 0 spiro atoms. The van der Waals surface area contributed by atoms with Gasteiger partial charge in [0.25, 0.3) is 5.91 Å². The molecule has 2 heterocycles. The lowest BCUT2D eigenvalue weighted by Crippen LogP contribution is -2.65. The Morgan fingerprint density at radius 1 is 1.16 bits per heavy atom. The minimum Gasteiger partial charge on any atom is -0.351 e. The number of carbonyl (C=O) groups is 2. The zero-order chi connectivity index (χ0) is 22.6. The molecule has 1 aliphatic heterocycles. The fraction of sp³-hybridized carbons (Fsp3) is 0.615. The van der Waals surface area contributed by atoms with Crippen molar-refractivity contribution in [2.45, 2.75) is 83.3 Å². The summed E-state index contributed by atoms with van der Waals surface area (Å²) in [6.07, 6.45) is 9.00. The van der Waals surface area contributed by atoms with Crippen LogP contribution in [0.2, 0.25) is 0 Å². The standard InChI is InChI=1S/C26H37N3O2S/c1-3-16-32-17-10-15-29-24(30)23-18-20-11-8-9-14-22(20)28(23)19-26(29,2)25(31)27-21-12-6-4-5-7-13-21/h8-9,11,14,18,21H,3-7,10,12-13,15-17,19H2,1-2H3,(H,27,31). The fourth-order valence-electron chi connectivity index (χ4n) is 5.19. The van der Waals surface area contributed by atoms with Crippen LogP contribution < -0.4 is 5.32 Å². The van der Waals surface area contributed by atoms with Crippen molar-refractivity contribution in [1.29, 1.82) is 0 Å². The van der Waals surface area contributed by atoms with Crippen LogP contribution in [0.1, 0.15) is 75.7 Å². The molecule has 1 aliphatic carbocycles. The molecule has 1 aromatic heterocycles. The van der Waals surface area contributed by atoms with Gasteiger partial charge in [-0.25, -0.2) is 0 Å². The molecule has 5 nitrogen and oxygen atoms in total. The monoisotopic (exact) mass is 455 g/mol. The van der Waals surface area contributed by atoms with Gasteiger partial charge in [0.15, 0.2) is 0 Å². The van der Waals surface area contributed by atoms with E-state index in [9.17, 15) is 9.59 Å². The summed E-state index contributed by atoms with van der Waals surface area (Å²) in [6.45, 7) is 5.27. The predicted octanol–water partition coefficient (Wildman–Crippen LogP) is 5.23. The molecule has 0 bridgehead atoms. The molecule has 1 saturated carbocycles. The molecule has 32 heavy (non-hydrogen) atoms. The molecule has 2 amide bonds. The van der Waals surface area contributed by atoms with E-state index in [1.807, 2.05) is 53.9 Å². The Morgan fingerprint density at radius 3 is 2.66 bits per heavy atom. The van der Waals surface area contributed by atoms with Gasteiger partial charge in [-0.1, -0.05) is 50.8 Å². The van der Waals surface area contributed by atoms with E-state index in [0.29, 0.717) is 18.8 Å². The SMILES string of the molecule is CCCSCCCN1C(=O)c2cc3ccccc3n2CC1(C)C(=O)NC1CCCCCC1. The second-order valence-corrected chi connectivity index (χ2v) is 10.8. The first-order valence-electron chi connectivity index (χ1n) is 12.3. The predicted molar refractivity (Wildman–Crippen MR) is 133 cm³/mol. The first-order valence-corrected chi connectivity index (χ1v) is 13.5. The van der Waals surface area contributed by atoms with Gasteiger partial charge in [0.2, 0.25) is 5.91 Å². The molecule has 1 aromatic carbocycles. The van der Waals surface area contributed by atoms with Crippen molar-refractivity contribution in [3.8, 4) is 0 Å². The van der Waals surface area contributed by atoms with E-state index in [-0.39, 0.29) is 17.9 Å². The van der Waals surface area contributed by atoms with Crippen LogP contribution in [0.5, 0.6) is 0 Å². The Hall–Kier alpha value is -1.95. The number of nitrogens with one attached hydrogen (secondary N) is 1. The Bertz CT molecular complexity index is 948. The molecule has 1 fully saturated rings. The van der Waals surface area contributed by atoms with Gasteiger partial charge in [0.05, 0.1) is 6.54 Å². The smallest absolute Gasteiger partial charge is 0.271 e. The van der Waals surface area contributed by atoms with Crippen molar-refractivity contribution in [3.63, 3.8) is 0 Å². The largest absolute Gasteiger partial charge is 0.351 e. The molecule has 2 aromatic rings. The van der Waals surface area contributed by atoms with Gasteiger partial charge in [-0.2, -0.15) is 11.8 Å². The van der Waals surface area contributed by atoms with Crippen molar-refractivity contribution in [2.24, 2.45) is 0 Å². The molecule has 1 unspecified atom stereocenters. The summed E-state index contributed by atoms with van der Waals surface area (Å²) in [4.78, 5) is 29.3. The number of rotatable bonds is 8. The summed E-state index contributed by atoms with van der Waals surface area (Å²) in [5, 5.41) is 4.41. The van der Waals surface area contributed by atoms with Gasteiger partial charge in [0, 0.05) is 23.5 Å². The molecule has 1 atom stereocenters. The van der Waals surface area contributed by atoms with Crippen molar-refractivity contribution in [1.82, 2.24) is 14.8 Å². The Morgan fingerprint density at radius 2 is 1.91 bits per heavy atom. The summed E-state index contributed by atoms with van der Waals surface area (Å²) in [5.41, 5.74) is 0.850. The zero-order valence-corrected chi connectivity index (χ0v) is 20.4. The quantitative estimate of drug-likeness (QED) is 0.438. The topological polar surface area (TPSA) is 54.3 Å². The van der Waals surface area contributed by atoms with E-state index in [1.165, 1.54) is 25.7 Å². The van der Waals surface area contributed by atoms with E-state index >= 15 is 0 Å². The van der Waals surface area contributed by atoms with Crippen molar-refractivity contribution < 1.29 is 9.59 Å². The lowest BCUT2D eigenvalue weighted by atomic mass is 9.93. The molecule has 0 radical (unpaired) electrons. The summed E-state index contributed by atoms with van der Waals surface area (Å²) in [6, 6.07) is 10.3. The number of hydrogen-bond acceptors (Lipinski definition) is 3. The number of aromatic nitrogens is 1. The van der Waals surface area contributed by atoms with E-state index in [4.69, 9.17) is 0 Å². The van der Waals surface area contributed by atoms with Gasteiger partial charge >= 0.3 is 0 Å². The van der Waals surface area contributed by atoms with Gasteiger partial charge in [-0.3, -0.25) is 9.59 Å². The Labute approximate surface area is 196 Å². The Balaban J connectivity index is 1.61. The van der Waals surface area contributed by atoms with Crippen molar-refractivity contribution >= 4 is 34.5 Å². The van der Waals surface area contributed by atoms with Crippen LogP contribution in [0.25, 0.3) is 10.9 Å². The number of hydrogen-bond donors (Lipinski definition) is 1. The van der Waals surface area contributed by atoms with Crippen molar-refractivity contribution in [2.75, 3.05) is 18.1 Å². The average Bonchev–Trinajstić information content (AvgIpc) is 2.96. The highest BCUT2D eigenvalue weighted by Gasteiger charge is 2.47. The van der Waals surface area contributed by atoms with E-state index in [0.717, 1.165) is 48.1 Å². The highest BCUT2D eigenvalue weighted by molar-refractivity contribution is 7.99. The molecule has 6 heteroatoms.